The van der Waals surface area contributed by atoms with Gasteiger partial charge in [-0.25, -0.2) is 4.79 Å². The van der Waals surface area contributed by atoms with Crippen molar-refractivity contribution in [3.8, 4) is 5.75 Å². The Bertz CT molecular complexity index is 380. The van der Waals surface area contributed by atoms with Gasteiger partial charge in [-0.1, -0.05) is 11.6 Å². The lowest BCUT2D eigenvalue weighted by atomic mass is 10.3. The summed E-state index contributed by atoms with van der Waals surface area (Å²) in [7, 11) is 1.56. The number of hydrogen-bond acceptors (Lipinski definition) is 2. The standard InChI is InChI=1S/C11H15ClN2O2/c1-7(2)13-11(15)14-10-6-8(16-3)4-5-9(10)12/h4-7H,1-3H3,(H2,13,14,15). The van der Waals surface area contributed by atoms with Gasteiger partial charge in [0.05, 0.1) is 17.8 Å². The van der Waals surface area contributed by atoms with E-state index in [0.717, 1.165) is 0 Å². The van der Waals surface area contributed by atoms with Gasteiger partial charge < -0.3 is 15.4 Å². The zero-order chi connectivity index (χ0) is 12.1. The molecule has 0 atom stereocenters. The number of urea groups is 1. The van der Waals surface area contributed by atoms with Gasteiger partial charge in [0, 0.05) is 12.1 Å². The molecule has 0 saturated carbocycles. The van der Waals surface area contributed by atoms with Crippen LogP contribution in [0, 0.1) is 0 Å². The lowest BCUT2D eigenvalue weighted by Crippen LogP contribution is -2.34. The minimum atomic E-state index is -0.287. The number of nitrogens with one attached hydrogen (secondary N) is 2. The molecule has 1 aromatic rings. The lowest BCUT2D eigenvalue weighted by Gasteiger charge is -2.12. The van der Waals surface area contributed by atoms with Gasteiger partial charge in [-0.3, -0.25) is 0 Å². The Morgan fingerprint density at radius 1 is 1.44 bits per heavy atom. The summed E-state index contributed by atoms with van der Waals surface area (Å²) in [6, 6.07) is 4.86. The fraction of sp³-hybridized carbons (Fsp3) is 0.364. The third kappa shape index (κ3) is 3.62. The number of carbonyl (C=O) groups excluding carboxylic acids is 1. The number of halogens is 1. The number of rotatable bonds is 3. The molecule has 0 radical (unpaired) electrons. The maximum absolute atomic E-state index is 11.5. The first-order valence-corrected chi connectivity index (χ1v) is 5.31. The maximum atomic E-state index is 11.5. The molecule has 0 aliphatic heterocycles. The molecule has 1 aromatic carbocycles. The molecule has 2 amide bonds. The van der Waals surface area contributed by atoms with E-state index >= 15 is 0 Å². The van der Waals surface area contributed by atoms with E-state index in [1.807, 2.05) is 13.8 Å². The molecule has 2 N–H and O–H groups in total. The highest BCUT2D eigenvalue weighted by atomic mass is 35.5. The van der Waals surface area contributed by atoms with Crippen molar-refractivity contribution in [3.63, 3.8) is 0 Å². The fourth-order valence-corrected chi connectivity index (χ4v) is 1.31. The molecule has 4 nitrogen and oxygen atoms in total. The summed E-state index contributed by atoms with van der Waals surface area (Å²) in [5.74, 6) is 0.643. The van der Waals surface area contributed by atoms with Crippen molar-refractivity contribution in [1.82, 2.24) is 5.32 Å². The topological polar surface area (TPSA) is 50.4 Å². The zero-order valence-corrected chi connectivity index (χ0v) is 10.3. The van der Waals surface area contributed by atoms with Gasteiger partial charge in [0.25, 0.3) is 0 Å². The summed E-state index contributed by atoms with van der Waals surface area (Å²) in [6.07, 6.45) is 0. The van der Waals surface area contributed by atoms with Crippen LogP contribution < -0.4 is 15.4 Å². The van der Waals surface area contributed by atoms with Gasteiger partial charge in [-0.15, -0.1) is 0 Å². The normalized spacial score (nSPS) is 10.1. The molecule has 0 heterocycles. The number of carbonyl (C=O) groups is 1. The second kappa shape index (κ2) is 5.61. The SMILES string of the molecule is COc1ccc(Cl)c(NC(=O)NC(C)C)c1. The minimum absolute atomic E-state index is 0.0735. The van der Waals surface area contributed by atoms with Crippen molar-refractivity contribution >= 4 is 23.3 Å². The van der Waals surface area contributed by atoms with E-state index in [4.69, 9.17) is 16.3 Å². The number of hydrogen-bond donors (Lipinski definition) is 2. The van der Waals surface area contributed by atoms with Crippen molar-refractivity contribution in [2.75, 3.05) is 12.4 Å². The predicted octanol–water partition coefficient (Wildman–Crippen LogP) is 2.88. The maximum Gasteiger partial charge on any atom is 0.319 e. The third-order valence-electron chi connectivity index (χ3n) is 1.84. The highest BCUT2D eigenvalue weighted by Gasteiger charge is 2.07. The summed E-state index contributed by atoms with van der Waals surface area (Å²) in [4.78, 5) is 11.5. The molecule has 0 aliphatic rings. The molecule has 88 valence electrons. The van der Waals surface area contributed by atoms with Crippen molar-refractivity contribution in [1.29, 1.82) is 0 Å². The van der Waals surface area contributed by atoms with Crippen LogP contribution in [0.2, 0.25) is 5.02 Å². The van der Waals surface area contributed by atoms with Crippen LogP contribution in [-0.4, -0.2) is 19.2 Å². The molecule has 0 unspecified atom stereocenters. The molecule has 1 rings (SSSR count). The average Bonchev–Trinajstić information content (AvgIpc) is 2.20. The number of anilines is 1. The Hall–Kier alpha value is -1.42. The Labute approximate surface area is 99.9 Å². The first kappa shape index (κ1) is 12.6. The first-order chi connectivity index (χ1) is 7.52. The van der Waals surface area contributed by atoms with Crippen molar-refractivity contribution in [2.24, 2.45) is 0 Å². The number of ether oxygens (including phenoxy) is 1. The van der Waals surface area contributed by atoms with Crippen LogP contribution in [0.25, 0.3) is 0 Å². The molecule has 0 bridgehead atoms. The van der Waals surface area contributed by atoms with Gasteiger partial charge in [0.2, 0.25) is 0 Å². The van der Waals surface area contributed by atoms with Crippen LogP contribution in [0.1, 0.15) is 13.8 Å². The minimum Gasteiger partial charge on any atom is -0.497 e. The van der Waals surface area contributed by atoms with Crippen molar-refractivity contribution < 1.29 is 9.53 Å². The van der Waals surface area contributed by atoms with E-state index in [2.05, 4.69) is 10.6 Å². The molecule has 0 aliphatic carbocycles. The van der Waals surface area contributed by atoms with E-state index in [9.17, 15) is 4.79 Å². The summed E-state index contributed by atoms with van der Waals surface area (Å²) in [5.41, 5.74) is 0.527. The molecular formula is C11H15ClN2O2. The molecule has 16 heavy (non-hydrogen) atoms. The number of benzene rings is 1. The Morgan fingerprint density at radius 3 is 2.69 bits per heavy atom. The summed E-state index contributed by atoms with van der Waals surface area (Å²) >= 11 is 5.94. The van der Waals surface area contributed by atoms with E-state index in [-0.39, 0.29) is 12.1 Å². The van der Waals surface area contributed by atoms with Crippen LogP contribution >= 0.6 is 11.6 Å². The highest BCUT2D eigenvalue weighted by Crippen LogP contribution is 2.26. The Morgan fingerprint density at radius 2 is 2.12 bits per heavy atom. The van der Waals surface area contributed by atoms with Gasteiger partial charge in [0.1, 0.15) is 5.75 Å². The number of amides is 2. The molecule has 0 spiro atoms. The second-order valence-electron chi connectivity index (χ2n) is 3.60. The largest absolute Gasteiger partial charge is 0.497 e. The van der Waals surface area contributed by atoms with Crippen LogP contribution in [0.3, 0.4) is 0 Å². The highest BCUT2D eigenvalue weighted by molar-refractivity contribution is 6.33. The van der Waals surface area contributed by atoms with Gasteiger partial charge in [0.15, 0.2) is 0 Å². The molecule has 0 saturated heterocycles. The summed E-state index contributed by atoms with van der Waals surface area (Å²) in [5, 5.41) is 5.83. The monoisotopic (exact) mass is 242 g/mol. The quantitative estimate of drug-likeness (QED) is 0.856. The third-order valence-corrected chi connectivity index (χ3v) is 2.17. The van der Waals surface area contributed by atoms with E-state index in [0.29, 0.717) is 16.5 Å². The van der Waals surface area contributed by atoms with Crippen LogP contribution in [0.15, 0.2) is 18.2 Å². The molecular weight excluding hydrogens is 228 g/mol. The predicted molar refractivity (Wildman–Crippen MR) is 65.3 cm³/mol. The van der Waals surface area contributed by atoms with Crippen LogP contribution in [-0.2, 0) is 0 Å². The van der Waals surface area contributed by atoms with E-state index in [1.165, 1.54) is 0 Å². The summed E-state index contributed by atoms with van der Waals surface area (Å²) < 4.78 is 5.04. The zero-order valence-electron chi connectivity index (χ0n) is 9.50. The summed E-state index contributed by atoms with van der Waals surface area (Å²) in [6.45, 7) is 3.76. The van der Waals surface area contributed by atoms with Gasteiger partial charge >= 0.3 is 6.03 Å². The van der Waals surface area contributed by atoms with E-state index in [1.54, 1.807) is 25.3 Å². The number of methoxy groups -OCH3 is 1. The second-order valence-corrected chi connectivity index (χ2v) is 4.01. The molecule has 0 aromatic heterocycles. The first-order valence-electron chi connectivity index (χ1n) is 4.94. The van der Waals surface area contributed by atoms with Crippen molar-refractivity contribution in [3.05, 3.63) is 23.2 Å². The lowest BCUT2D eigenvalue weighted by molar-refractivity contribution is 0.250. The molecule has 5 heteroatoms. The van der Waals surface area contributed by atoms with Gasteiger partial charge in [-0.2, -0.15) is 0 Å². The average molecular weight is 243 g/mol. The van der Waals surface area contributed by atoms with Crippen LogP contribution in [0.4, 0.5) is 10.5 Å². The van der Waals surface area contributed by atoms with Crippen molar-refractivity contribution in [2.45, 2.75) is 19.9 Å². The van der Waals surface area contributed by atoms with E-state index < -0.39 is 0 Å². The van der Waals surface area contributed by atoms with Gasteiger partial charge in [-0.05, 0) is 26.0 Å². The fourth-order valence-electron chi connectivity index (χ4n) is 1.15. The van der Waals surface area contributed by atoms with Crippen LogP contribution in [0.5, 0.6) is 5.75 Å². The smallest absolute Gasteiger partial charge is 0.319 e. The molecule has 0 fully saturated rings. The Kier molecular flexibility index (Phi) is 4.43. The Balaban J connectivity index is 2.75.